The highest BCUT2D eigenvalue weighted by atomic mass is 16.5. The first-order valence-electron chi connectivity index (χ1n) is 9.14. The van der Waals surface area contributed by atoms with Crippen LogP contribution in [0, 0.1) is 0 Å². The number of rotatable bonds is 9. The SMILES string of the molecule is COc1ccc(CNC(=O)CNc2ccccc2OCc2ccccc2)cc1. The Morgan fingerprint density at radius 3 is 2.32 bits per heavy atom. The lowest BCUT2D eigenvalue weighted by Crippen LogP contribution is -2.29. The average Bonchev–Trinajstić information content (AvgIpc) is 2.76. The van der Waals surface area contributed by atoms with Crippen LogP contribution in [0.4, 0.5) is 5.69 Å². The summed E-state index contributed by atoms with van der Waals surface area (Å²) in [6.07, 6.45) is 0. The van der Waals surface area contributed by atoms with Crippen molar-refractivity contribution in [1.82, 2.24) is 5.32 Å². The molecule has 5 heteroatoms. The number of hydrogen-bond acceptors (Lipinski definition) is 4. The van der Waals surface area contributed by atoms with Gasteiger partial charge in [0.2, 0.25) is 5.91 Å². The molecule has 0 unspecified atom stereocenters. The van der Waals surface area contributed by atoms with Crippen LogP contribution in [0.25, 0.3) is 0 Å². The second kappa shape index (κ2) is 10.0. The molecule has 3 rings (SSSR count). The Kier molecular flexibility index (Phi) is 6.90. The maximum Gasteiger partial charge on any atom is 0.239 e. The van der Waals surface area contributed by atoms with Gasteiger partial charge < -0.3 is 20.1 Å². The third-order valence-corrected chi connectivity index (χ3v) is 4.21. The average molecular weight is 376 g/mol. The molecule has 144 valence electrons. The van der Waals surface area contributed by atoms with Crippen LogP contribution in [-0.4, -0.2) is 19.6 Å². The molecule has 1 amide bonds. The van der Waals surface area contributed by atoms with Crippen LogP contribution in [0.5, 0.6) is 11.5 Å². The molecule has 0 aliphatic heterocycles. The Labute approximate surface area is 165 Å². The van der Waals surface area contributed by atoms with E-state index in [4.69, 9.17) is 9.47 Å². The summed E-state index contributed by atoms with van der Waals surface area (Å²) in [4.78, 5) is 12.2. The zero-order chi connectivity index (χ0) is 19.6. The van der Waals surface area contributed by atoms with Gasteiger partial charge in [-0.25, -0.2) is 0 Å². The predicted molar refractivity (Wildman–Crippen MR) is 111 cm³/mol. The lowest BCUT2D eigenvalue weighted by Gasteiger charge is -2.13. The molecule has 0 atom stereocenters. The van der Waals surface area contributed by atoms with Gasteiger partial charge in [0.05, 0.1) is 19.3 Å². The van der Waals surface area contributed by atoms with Gasteiger partial charge in [-0.3, -0.25) is 4.79 Å². The molecule has 3 aromatic rings. The van der Waals surface area contributed by atoms with Crippen molar-refractivity contribution in [3.63, 3.8) is 0 Å². The Bertz CT molecular complexity index is 880. The molecule has 0 saturated carbocycles. The molecular weight excluding hydrogens is 352 g/mol. The van der Waals surface area contributed by atoms with Crippen molar-refractivity contribution >= 4 is 11.6 Å². The molecule has 0 fully saturated rings. The van der Waals surface area contributed by atoms with Crippen molar-refractivity contribution in [1.29, 1.82) is 0 Å². The molecule has 0 aromatic heterocycles. The van der Waals surface area contributed by atoms with Crippen molar-refractivity contribution < 1.29 is 14.3 Å². The van der Waals surface area contributed by atoms with Gasteiger partial charge in [-0.05, 0) is 35.4 Å². The molecule has 0 bridgehead atoms. The summed E-state index contributed by atoms with van der Waals surface area (Å²) in [5, 5.41) is 6.05. The van der Waals surface area contributed by atoms with Crippen molar-refractivity contribution in [2.45, 2.75) is 13.2 Å². The molecule has 5 nitrogen and oxygen atoms in total. The number of para-hydroxylation sites is 2. The molecule has 3 aromatic carbocycles. The largest absolute Gasteiger partial charge is 0.497 e. The van der Waals surface area contributed by atoms with Gasteiger partial charge in [0.25, 0.3) is 0 Å². The summed E-state index contributed by atoms with van der Waals surface area (Å²) in [5.41, 5.74) is 2.90. The fourth-order valence-electron chi connectivity index (χ4n) is 2.66. The lowest BCUT2D eigenvalue weighted by atomic mass is 10.2. The number of amides is 1. The normalized spacial score (nSPS) is 10.2. The van der Waals surface area contributed by atoms with E-state index in [0.717, 1.165) is 22.6 Å². The topological polar surface area (TPSA) is 59.6 Å². The van der Waals surface area contributed by atoms with E-state index in [-0.39, 0.29) is 12.5 Å². The fourth-order valence-corrected chi connectivity index (χ4v) is 2.66. The number of ether oxygens (including phenoxy) is 2. The molecule has 0 saturated heterocycles. The minimum atomic E-state index is -0.0892. The molecule has 0 aliphatic rings. The van der Waals surface area contributed by atoms with Crippen LogP contribution >= 0.6 is 0 Å². The third kappa shape index (κ3) is 5.77. The number of hydrogen-bond donors (Lipinski definition) is 2. The van der Waals surface area contributed by atoms with E-state index in [1.165, 1.54) is 0 Å². The molecule has 0 radical (unpaired) electrons. The Morgan fingerprint density at radius 1 is 0.857 bits per heavy atom. The van der Waals surface area contributed by atoms with Crippen molar-refractivity contribution in [2.75, 3.05) is 19.0 Å². The first-order valence-corrected chi connectivity index (χ1v) is 9.14. The van der Waals surface area contributed by atoms with E-state index in [2.05, 4.69) is 10.6 Å². The van der Waals surface area contributed by atoms with Gasteiger partial charge in [0, 0.05) is 6.54 Å². The Hall–Kier alpha value is -3.47. The lowest BCUT2D eigenvalue weighted by molar-refractivity contribution is -0.119. The minimum Gasteiger partial charge on any atom is -0.497 e. The number of benzene rings is 3. The number of anilines is 1. The zero-order valence-corrected chi connectivity index (χ0v) is 15.9. The summed E-state index contributed by atoms with van der Waals surface area (Å²) in [5.74, 6) is 1.42. The maximum atomic E-state index is 12.2. The van der Waals surface area contributed by atoms with Gasteiger partial charge in [0.1, 0.15) is 18.1 Å². The second-order valence-corrected chi connectivity index (χ2v) is 6.25. The van der Waals surface area contributed by atoms with E-state index in [9.17, 15) is 4.79 Å². The van der Waals surface area contributed by atoms with Crippen molar-refractivity contribution in [2.24, 2.45) is 0 Å². The zero-order valence-electron chi connectivity index (χ0n) is 15.9. The quantitative estimate of drug-likeness (QED) is 0.593. The van der Waals surface area contributed by atoms with Gasteiger partial charge in [-0.15, -0.1) is 0 Å². The van der Waals surface area contributed by atoms with Crippen LogP contribution in [0.1, 0.15) is 11.1 Å². The molecule has 0 heterocycles. The summed E-state index contributed by atoms with van der Waals surface area (Å²) < 4.78 is 11.0. The minimum absolute atomic E-state index is 0.0892. The van der Waals surface area contributed by atoms with E-state index in [1.807, 2.05) is 78.9 Å². The standard InChI is InChI=1S/C23H24N2O3/c1-27-20-13-11-18(12-14-20)15-25-23(26)16-24-21-9-5-6-10-22(21)28-17-19-7-3-2-4-8-19/h2-14,24H,15-17H2,1H3,(H,25,26). The first-order chi connectivity index (χ1) is 13.7. The van der Waals surface area contributed by atoms with Gasteiger partial charge in [-0.2, -0.15) is 0 Å². The van der Waals surface area contributed by atoms with Crippen LogP contribution in [0.3, 0.4) is 0 Å². The molecule has 0 spiro atoms. The second-order valence-electron chi connectivity index (χ2n) is 6.25. The van der Waals surface area contributed by atoms with Gasteiger partial charge >= 0.3 is 0 Å². The van der Waals surface area contributed by atoms with E-state index in [0.29, 0.717) is 18.9 Å². The first kappa shape index (κ1) is 19.3. The highest BCUT2D eigenvalue weighted by Gasteiger charge is 2.06. The third-order valence-electron chi connectivity index (χ3n) is 4.21. The summed E-state index contributed by atoms with van der Waals surface area (Å²) >= 11 is 0. The summed E-state index contributed by atoms with van der Waals surface area (Å²) in [7, 11) is 1.63. The van der Waals surface area contributed by atoms with Crippen LogP contribution in [0.15, 0.2) is 78.9 Å². The Balaban J connectivity index is 1.48. The van der Waals surface area contributed by atoms with Crippen LogP contribution in [-0.2, 0) is 17.9 Å². The number of carbonyl (C=O) groups excluding carboxylic acids is 1. The highest BCUT2D eigenvalue weighted by molar-refractivity contribution is 5.81. The summed E-state index contributed by atoms with van der Waals surface area (Å²) in [6, 6.07) is 25.2. The van der Waals surface area contributed by atoms with Crippen molar-refractivity contribution in [3.05, 3.63) is 90.0 Å². The van der Waals surface area contributed by atoms with Crippen LogP contribution in [0.2, 0.25) is 0 Å². The number of carbonyl (C=O) groups is 1. The fraction of sp³-hybridized carbons (Fsp3) is 0.174. The van der Waals surface area contributed by atoms with Gasteiger partial charge in [0.15, 0.2) is 0 Å². The number of nitrogens with one attached hydrogen (secondary N) is 2. The monoisotopic (exact) mass is 376 g/mol. The highest BCUT2D eigenvalue weighted by Crippen LogP contribution is 2.24. The maximum absolute atomic E-state index is 12.2. The Morgan fingerprint density at radius 2 is 1.57 bits per heavy atom. The molecular formula is C23H24N2O3. The van der Waals surface area contributed by atoms with Crippen molar-refractivity contribution in [3.8, 4) is 11.5 Å². The van der Waals surface area contributed by atoms with E-state index in [1.54, 1.807) is 7.11 Å². The molecule has 2 N–H and O–H groups in total. The van der Waals surface area contributed by atoms with E-state index >= 15 is 0 Å². The molecule has 28 heavy (non-hydrogen) atoms. The van der Waals surface area contributed by atoms with E-state index < -0.39 is 0 Å². The van der Waals surface area contributed by atoms with Gasteiger partial charge in [-0.1, -0.05) is 54.6 Å². The number of methoxy groups -OCH3 is 1. The smallest absolute Gasteiger partial charge is 0.239 e. The molecule has 0 aliphatic carbocycles. The van der Waals surface area contributed by atoms with Crippen LogP contribution < -0.4 is 20.1 Å². The summed E-state index contributed by atoms with van der Waals surface area (Å²) in [6.45, 7) is 1.11. The predicted octanol–water partition coefficient (Wildman–Crippen LogP) is 4.00.